The van der Waals surface area contributed by atoms with Gasteiger partial charge in [-0.2, -0.15) is 0 Å². The second-order valence-electron chi connectivity index (χ2n) is 5.56. The zero-order chi connectivity index (χ0) is 17.9. The molecule has 0 saturated heterocycles. The highest BCUT2D eigenvalue weighted by molar-refractivity contribution is 4.62. The minimum absolute atomic E-state index is 0.466. The number of hydrogen-bond donors (Lipinski definition) is 0. The van der Waals surface area contributed by atoms with Crippen LogP contribution >= 0.6 is 0 Å². The third-order valence-corrected chi connectivity index (χ3v) is 3.38. The van der Waals surface area contributed by atoms with Crippen LogP contribution in [0.1, 0.15) is 13.8 Å². The van der Waals surface area contributed by atoms with E-state index in [-0.39, 0.29) is 0 Å². The Bertz CT molecular complexity index is 223. The van der Waals surface area contributed by atoms with Gasteiger partial charge in [0, 0.05) is 33.4 Å². The zero-order valence-electron chi connectivity index (χ0n) is 16.0. The van der Waals surface area contributed by atoms with Crippen LogP contribution in [0.25, 0.3) is 0 Å². The van der Waals surface area contributed by atoms with Gasteiger partial charge in [-0.05, 0) is 13.8 Å². The molecule has 7 nitrogen and oxygen atoms in total. The molecule has 0 unspecified atom stereocenters. The van der Waals surface area contributed by atoms with E-state index in [1.165, 1.54) is 0 Å². The fourth-order valence-electron chi connectivity index (χ4n) is 1.92. The Hall–Kier alpha value is -0.280. The summed E-state index contributed by atoms with van der Waals surface area (Å²) in [5.74, 6) is 0. The SMILES string of the molecule is COCCOCCOCCN(CCOCCOCCOC)C(C)C. The Morgan fingerprint density at radius 2 is 0.875 bits per heavy atom. The highest BCUT2D eigenvalue weighted by Gasteiger charge is 2.08. The molecule has 0 aromatic heterocycles. The van der Waals surface area contributed by atoms with Crippen LogP contribution in [0.4, 0.5) is 0 Å². The lowest BCUT2D eigenvalue weighted by Gasteiger charge is -2.26. The predicted molar refractivity (Wildman–Crippen MR) is 93.7 cm³/mol. The van der Waals surface area contributed by atoms with E-state index in [0.29, 0.717) is 72.1 Å². The van der Waals surface area contributed by atoms with Crippen molar-refractivity contribution in [3.05, 3.63) is 0 Å². The van der Waals surface area contributed by atoms with Gasteiger partial charge in [0.05, 0.1) is 66.1 Å². The molecular weight excluding hydrogens is 314 g/mol. The molecule has 0 bridgehead atoms. The maximum atomic E-state index is 5.60. The third kappa shape index (κ3) is 16.6. The maximum absolute atomic E-state index is 5.60. The van der Waals surface area contributed by atoms with E-state index in [4.69, 9.17) is 28.4 Å². The van der Waals surface area contributed by atoms with Gasteiger partial charge in [-0.25, -0.2) is 0 Å². The molecule has 0 saturated carbocycles. The zero-order valence-corrected chi connectivity index (χ0v) is 16.0. The van der Waals surface area contributed by atoms with Crippen molar-refractivity contribution in [1.29, 1.82) is 0 Å². The molecule has 0 aromatic carbocycles. The summed E-state index contributed by atoms with van der Waals surface area (Å²) >= 11 is 0. The predicted octanol–water partition coefficient (Wildman–Crippen LogP) is 1.06. The molecule has 0 spiro atoms. The average molecular weight is 351 g/mol. The lowest BCUT2D eigenvalue weighted by molar-refractivity contribution is 0.00574. The highest BCUT2D eigenvalue weighted by atomic mass is 16.5. The van der Waals surface area contributed by atoms with Gasteiger partial charge >= 0.3 is 0 Å². The van der Waals surface area contributed by atoms with Gasteiger partial charge in [-0.15, -0.1) is 0 Å². The van der Waals surface area contributed by atoms with E-state index in [1.807, 2.05) is 0 Å². The lowest BCUT2D eigenvalue weighted by Crippen LogP contribution is -2.37. The number of nitrogens with zero attached hydrogens (tertiary/aromatic N) is 1. The fraction of sp³-hybridized carbons (Fsp3) is 1.00. The molecule has 146 valence electrons. The van der Waals surface area contributed by atoms with Gasteiger partial charge in [0.25, 0.3) is 0 Å². The van der Waals surface area contributed by atoms with Crippen molar-refractivity contribution >= 4 is 0 Å². The molecule has 0 fully saturated rings. The molecule has 0 rings (SSSR count). The molecule has 0 aliphatic rings. The minimum Gasteiger partial charge on any atom is -0.382 e. The summed E-state index contributed by atoms with van der Waals surface area (Å²) < 4.78 is 31.7. The maximum Gasteiger partial charge on any atom is 0.0701 e. The van der Waals surface area contributed by atoms with Crippen LogP contribution in [0.15, 0.2) is 0 Å². The summed E-state index contributed by atoms with van der Waals surface area (Å²) in [5, 5.41) is 0. The number of ether oxygens (including phenoxy) is 6. The Labute approximate surface area is 147 Å². The normalized spacial score (nSPS) is 11.8. The van der Waals surface area contributed by atoms with Gasteiger partial charge < -0.3 is 28.4 Å². The molecule has 0 aliphatic carbocycles. The van der Waals surface area contributed by atoms with Gasteiger partial charge in [0.2, 0.25) is 0 Å². The molecule has 7 heteroatoms. The monoisotopic (exact) mass is 351 g/mol. The van der Waals surface area contributed by atoms with Gasteiger partial charge in [-0.1, -0.05) is 0 Å². The summed E-state index contributed by atoms with van der Waals surface area (Å²) in [6, 6.07) is 0.466. The quantitative estimate of drug-likeness (QED) is 0.323. The highest BCUT2D eigenvalue weighted by Crippen LogP contribution is 1.98. The lowest BCUT2D eigenvalue weighted by atomic mass is 10.3. The molecular formula is C17H37NO6. The third-order valence-electron chi connectivity index (χ3n) is 3.38. The second kappa shape index (κ2) is 19.1. The van der Waals surface area contributed by atoms with Crippen LogP contribution in [0, 0.1) is 0 Å². The minimum atomic E-state index is 0.466. The first-order valence-corrected chi connectivity index (χ1v) is 8.75. The van der Waals surface area contributed by atoms with E-state index in [0.717, 1.165) is 13.1 Å². The van der Waals surface area contributed by atoms with Crippen molar-refractivity contribution in [3.63, 3.8) is 0 Å². The number of hydrogen-bond acceptors (Lipinski definition) is 7. The van der Waals surface area contributed by atoms with Crippen molar-refractivity contribution in [2.45, 2.75) is 19.9 Å². The van der Waals surface area contributed by atoms with E-state index in [9.17, 15) is 0 Å². The van der Waals surface area contributed by atoms with Crippen molar-refractivity contribution in [2.75, 3.05) is 93.4 Å². The van der Waals surface area contributed by atoms with Crippen LogP contribution in [-0.2, 0) is 28.4 Å². The van der Waals surface area contributed by atoms with Crippen LogP contribution < -0.4 is 0 Å². The van der Waals surface area contributed by atoms with Crippen molar-refractivity contribution in [1.82, 2.24) is 4.90 Å². The Morgan fingerprint density at radius 3 is 1.21 bits per heavy atom. The van der Waals surface area contributed by atoms with Crippen LogP contribution in [0.5, 0.6) is 0 Å². The fourth-order valence-corrected chi connectivity index (χ4v) is 1.92. The first kappa shape index (κ1) is 23.7. The van der Waals surface area contributed by atoms with Gasteiger partial charge in [0.1, 0.15) is 0 Å². The number of rotatable bonds is 19. The molecule has 0 aliphatic heterocycles. The molecule has 0 aromatic rings. The second-order valence-corrected chi connectivity index (χ2v) is 5.56. The van der Waals surface area contributed by atoms with E-state index in [2.05, 4.69) is 18.7 Å². The first-order chi connectivity index (χ1) is 11.7. The Balaban J connectivity index is 3.47. The largest absolute Gasteiger partial charge is 0.382 e. The van der Waals surface area contributed by atoms with E-state index >= 15 is 0 Å². The average Bonchev–Trinajstić information content (AvgIpc) is 2.57. The summed E-state index contributed by atoms with van der Waals surface area (Å²) in [4.78, 5) is 2.34. The van der Waals surface area contributed by atoms with Crippen LogP contribution in [0.2, 0.25) is 0 Å². The Kier molecular flexibility index (Phi) is 18.8. The standard InChI is InChI=1S/C17H37NO6/c1-17(2)18(5-7-21-13-15-23-11-9-19-3)6-8-22-14-16-24-12-10-20-4/h17H,5-16H2,1-4H3. The molecule has 0 N–H and O–H groups in total. The molecule has 0 radical (unpaired) electrons. The molecule has 24 heavy (non-hydrogen) atoms. The van der Waals surface area contributed by atoms with Crippen molar-refractivity contribution in [2.24, 2.45) is 0 Å². The van der Waals surface area contributed by atoms with Crippen LogP contribution in [-0.4, -0.2) is 104 Å². The summed E-state index contributed by atoms with van der Waals surface area (Å²) in [6.07, 6.45) is 0. The molecule has 0 amide bonds. The van der Waals surface area contributed by atoms with Gasteiger partial charge in [-0.3, -0.25) is 4.90 Å². The molecule has 0 atom stereocenters. The van der Waals surface area contributed by atoms with E-state index < -0.39 is 0 Å². The first-order valence-electron chi connectivity index (χ1n) is 8.75. The Morgan fingerprint density at radius 1 is 0.542 bits per heavy atom. The van der Waals surface area contributed by atoms with Crippen molar-refractivity contribution in [3.8, 4) is 0 Å². The summed E-state index contributed by atoms with van der Waals surface area (Å²) in [7, 11) is 3.33. The molecule has 0 heterocycles. The van der Waals surface area contributed by atoms with Crippen LogP contribution in [0.3, 0.4) is 0 Å². The van der Waals surface area contributed by atoms with E-state index in [1.54, 1.807) is 14.2 Å². The summed E-state index contributed by atoms with van der Waals surface area (Å²) in [6.45, 7) is 12.5. The summed E-state index contributed by atoms with van der Waals surface area (Å²) in [5.41, 5.74) is 0. The topological polar surface area (TPSA) is 58.6 Å². The smallest absolute Gasteiger partial charge is 0.0701 e. The van der Waals surface area contributed by atoms with Crippen molar-refractivity contribution < 1.29 is 28.4 Å². The van der Waals surface area contributed by atoms with Gasteiger partial charge in [0.15, 0.2) is 0 Å². The number of methoxy groups -OCH3 is 2.